The average Bonchev–Trinajstić information content (AvgIpc) is 3.00. The number of methoxy groups -OCH3 is 1. The predicted molar refractivity (Wildman–Crippen MR) is 165 cm³/mol. The molecule has 1 fully saturated rings. The van der Waals surface area contributed by atoms with Gasteiger partial charge in [-0.05, 0) is 67.3 Å². The van der Waals surface area contributed by atoms with Crippen molar-refractivity contribution < 1.29 is 22.7 Å². The van der Waals surface area contributed by atoms with E-state index in [2.05, 4.69) is 5.32 Å². The summed E-state index contributed by atoms with van der Waals surface area (Å²) in [5.41, 5.74) is 1.08. The zero-order valence-electron chi connectivity index (χ0n) is 24.0. The Morgan fingerprint density at radius 3 is 2.29 bits per heavy atom. The summed E-state index contributed by atoms with van der Waals surface area (Å²) in [7, 11) is -2.71. The molecule has 224 valence electrons. The number of carbonyl (C=O) groups excluding carboxylic acids is 2. The number of rotatable bonds is 12. The highest BCUT2D eigenvalue weighted by Gasteiger charge is 2.34. The number of halogens is 1. The van der Waals surface area contributed by atoms with Gasteiger partial charge in [-0.3, -0.25) is 13.9 Å². The molecule has 0 heterocycles. The van der Waals surface area contributed by atoms with Gasteiger partial charge in [0.15, 0.2) is 0 Å². The molecule has 10 heteroatoms. The molecule has 1 unspecified atom stereocenters. The quantitative estimate of drug-likeness (QED) is 0.279. The van der Waals surface area contributed by atoms with Gasteiger partial charge in [0.1, 0.15) is 18.3 Å². The van der Waals surface area contributed by atoms with E-state index >= 15 is 0 Å². The number of nitrogens with zero attached hydrogens (tertiary/aromatic N) is 2. The molecule has 8 nitrogen and oxygen atoms in total. The molecule has 0 aliphatic heterocycles. The summed E-state index contributed by atoms with van der Waals surface area (Å²) >= 11 is 6.25. The van der Waals surface area contributed by atoms with E-state index in [0.717, 1.165) is 42.0 Å². The maximum atomic E-state index is 14.2. The van der Waals surface area contributed by atoms with E-state index in [9.17, 15) is 18.0 Å². The second-order valence-electron chi connectivity index (χ2n) is 10.4. The molecule has 0 aromatic heterocycles. The van der Waals surface area contributed by atoms with Gasteiger partial charge in [0.05, 0.1) is 17.7 Å². The van der Waals surface area contributed by atoms with Crippen molar-refractivity contribution in [3.8, 4) is 5.75 Å². The number of anilines is 1. The van der Waals surface area contributed by atoms with Crippen molar-refractivity contribution in [1.29, 1.82) is 0 Å². The average molecular weight is 612 g/mol. The molecule has 1 atom stereocenters. The van der Waals surface area contributed by atoms with Crippen molar-refractivity contribution >= 4 is 39.1 Å². The first-order chi connectivity index (χ1) is 20.2. The highest BCUT2D eigenvalue weighted by atomic mass is 35.5. The fourth-order valence-electron chi connectivity index (χ4n) is 5.28. The van der Waals surface area contributed by atoms with Crippen LogP contribution in [0.15, 0.2) is 83.8 Å². The number of benzene rings is 3. The van der Waals surface area contributed by atoms with Gasteiger partial charge < -0.3 is 15.0 Å². The molecule has 3 aromatic carbocycles. The van der Waals surface area contributed by atoms with E-state index in [0.29, 0.717) is 17.2 Å². The topological polar surface area (TPSA) is 96.0 Å². The number of hydrogen-bond donors (Lipinski definition) is 1. The Morgan fingerprint density at radius 1 is 0.976 bits per heavy atom. The summed E-state index contributed by atoms with van der Waals surface area (Å²) in [5.74, 6) is -0.217. The lowest BCUT2D eigenvalue weighted by molar-refractivity contribution is -0.140. The lowest BCUT2D eigenvalue weighted by atomic mass is 9.95. The van der Waals surface area contributed by atoms with E-state index in [1.807, 2.05) is 37.3 Å². The van der Waals surface area contributed by atoms with Crippen molar-refractivity contribution in [3.05, 3.63) is 89.4 Å². The summed E-state index contributed by atoms with van der Waals surface area (Å²) in [4.78, 5) is 29.3. The van der Waals surface area contributed by atoms with Crippen LogP contribution in [0.4, 0.5) is 5.69 Å². The summed E-state index contributed by atoms with van der Waals surface area (Å²) in [5, 5.41) is 3.48. The normalized spacial score (nSPS) is 14.5. The molecule has 0 saturated heterocycles. The number of ether oxygens (including phenoxy) is 1. The summed E-state index contributed by atoms with van der Waals surface area (Å²) < 4.78 is 34.2. The van der Waals surface area contributed by atoms with Gasteiger partial charge in [-0.1, -0.05) is 74.2 Å². The fourth-order valence-corrected chi connectivity index (χ4v) is 6.87. The second kappa shape index (κ2) is 14.6. The third-order valence-electron chi connectivity index (χ3n) is 7.56. The minimum atomic E-state index is -4.20. The summed E-state index contributed by atoms with van der Waals surface area (Å²) in [6, 6.07) is 21.0. The van der Waals surface area contributed by atoms with Gasteiger partial charge in [0, 0.05) is 17.6 Å². The molecule has 2 amide bonds. The lowest BCUT2D eigenvalue weighted by Crippen LogP contribution is -2.54. The van der Waals surface area contributed by atoms with Crippen LogP contribution < -0.4 is 14.4 Å². The van der Waals surface area contributed by atoms with E-state index in [1.54, 1.807) is 30.3 Å². The minimum absolute atomic E-state index is 0.00670. The highest BCUT2D eigenvalue weighted by Crippen LogP contribution is 2.28. The van der Waals surface area contributed by atoms with Gasteiger partial charge in [-0.15, -0.1) is 0 Å². The first kappa shape index (κ1) is 31.4. The van der Waals surface area contributed by atoms with Crippen molar-refractivity contribution in [2.24, 2.45) is 0 Å². The van der Waals surface area contributed by atoms with Gasteiger partial charge in [0.25, 0.3) is 10.0 Å². The maximum Gasteiger partial charge on any atom is 0.264 e. The number of nitrogens with one attached hydrogen (secondary N) is 1. The van der Waals surface area contributed by atoms with Crippen LogP contribution in [-0.2, 0) is 26.2 Å². The Bertz CT molecular complexity index is 1440. The maximum absolute atomic E-state index is 14.2. The van der Waals surface area contributed by atoms with Crippen LogP contribution in [0.25, 0.3) is 0 Å². The van der Waals surface area contributed by atoms with Crippen LogP contribution in [0.1, 0.15) is 51.0 Å². The molecule has 4 rings (SSSR count). The van der Waals surface area contributed by atoms with Gasteiger partial charge in [-0.25, -0.2) is 8.42 Å². The number of amides is 2. The predicted octanol–water partition coefficient (Wildman–Crippen LogP) is 5.80. The Balaban J connectivity index is 1.69. The fraction of sp³-hybridized carbons (Fsp3) is 0.375. The molecule has 1 N–H and O–H groups in total. The minimum Gasteiger partial charge on any atom is -0.497 e. The lowest BCUT2D eigenvalue weighted by Gasteiger charge is -2.34. The van der Waals surface area contributed by atoms with Crippen LogP contribution in [0.2, 0.25) is 5.02 Å². The molecule has 0 bridgehead atoms. The monoisotopic (exact) mass is 611 g/mol. The summed E-state index contributed by atoms with van der Waals surface area (Å²) in [6.07, 6.45) is 5.48. The van der Waals surface area contributed by atoms with E-state index in [1.165, 1.54) is 30.2 Å². The standard InChI is InChI=1S/C32H38ClN3O5S/c1-3-30(32(38)34-26-14-8-5-9-15-26)35(22-24-11-6-4-7-12-24)31(37)23-36(27-16-10-13-25(33)21-27)42(39,40)29-19-17-28(41-2)18-20-29/h4,6-7,10-13,16-21,26,30H,3,5,8-9,14-15,22-23H2,1-2H3,(H,34,38). The van der Waals surface area contributed by atoms with E-state index in [-0.39, 0.29) is 29.1 Å². The largest absolute Gasteiger partial charge is 0.497 e. The number of sulfonamides is 1. The smallest absolute Gasteiger partial charge is 0.264 e. The zero-order chi connectivity index (χ0) is 30.1. The number of hydrogen-bond acceptors (Lipinski definition) is 5. The van der Waals surface area contributed by atoms with Crippen molar-refractivity contribution in [2.45, 2.75) is 69.0 Å². The van der Waals surface area contributed by atoms with Gasteiger partial charge in [-0.2, -0.15) is 0 Å². The van der Waals surface area contributed by atoms with Crippen LogP contribution >= 0.6 is 11.6 Å². The Kier molecular flexibility index (Phi) is 10.9. The molecule has 0 spiro atoms. The van der Waals surface area contributed by atoms with Gasteiger partial charge in [0.2, 0.25) is 11.8 Å². The molecule has 3 aromatic rings. The van der Waals surface area contributed by atoms with Crippen LogP contribution in [-0.4, -0.2) is 50.9 Å². The van der Waals surface area contributed by atoms with Crippen LogP contribution in [0.5, 0.6) is 5.75 Å². The first-order valence-corrected chi connectivity index (χ1v) is 16.1. The van der Waals surface area contributed by atoms with Crippen LogP contribution in [0, 0.1) is 0 Å². The Morgan fingerprint density at radius 2 is 1.67 bits per heavy atom. The van der Waals surface area contributed by atoms with Crippen molar-refractivity contribution in [2.75, 3.05) is 18.0 Å². The molecule has 1 aliphatic rings. The zero-order valence-corrected chi connectivity index (χ0v) is 25.6. The molecular formula is C32H38ClN3O5S. The third kappa shape index (κ3) is 7.83. The summed E-state index contributed by atoms with van der Waals surface area (Å²) in [6.45, 7) is 1.50. The third-order valence-corrected chi connectivity index (χ3v) is 9.58. The SMILES string of the molecule is CCC(C(=O)NC1CCCCC1)N(Cc1ccccc1)C(=O)CN(c1cccc(Cl)c1)S(=O)(=O)c1ccc(OC)cc1. The Hall–Kier alpha value is -3.56. The molecule has 0 radical (unpaired) electrons. The number of carbonyl (C=O) groups is 2. The highest BCUT2D eigenvalue weighted by molar-refractivity contribution is 7.92. The molecular weight excluding hydrogens is 574 g/mol. The molecule has 1 aliphatic carbocycles. The van der Waals surface area contributed by atoms with E-state index in [4.69, 9.17) is 16.3 Å². The van der Waals surface area contributed by atoms with Gasteiger partial charge >= 0.3 is 0 Å². The van der Waals surface area contributed by atoms with Crippen molar-refractivity contribution in [1.82, 2.24) is 10.2 Å². The molecule has 1 saturated carbocycles. The van der Waals surface area contributed by atoms with Crippen molar-refractivity contribution in [3.63, 3.8) is 0 Å². The Labute approximate surface area is 253 Å². The van der Waals surface area contributed by atoms with Crippen LogP contribution in [0.3, 0.4) is 0 Å². The van der Waals surface area contributed by atoms with E-state index < -0.39 is 28.5 Å². The molecule has 42 heavy (non-hydrogen) atoms. The first-order valence-electron chi connectivity index (χ1n) is 14.3. The second-order valence-corrected chi connectivity index (χ2v) is 12.7.